The number of H-pyrrole nitrogens is 1. The lowest BCUT2D eigenvalue weighted by molar-refractivity contribution is 0.0893. The molecule has 1 aromatic heterocycles. The van der Waals surface area contributed by atoms with Crippen LogP contribution in [-0.4, -0.2) is 23.0 Å². The van der Waals surface area contributed by atoms with E-state index in [9.17, 15) is 4.79 Å². The van der Waals surface area contributed by atoms with E-state index in [-0.39, 0.29) is 11.4 Å². The summed E-state index contributed by atoms with van der Waals surface area (Å²) in [4.78, 5) is 14.7. The number of hydrogen-bond acceptors (Lipinski definition) is 2. The lowest BCUT2D eigenvalue weighted by atomic mass is 9.96. The number of carbonyl (C=O) groups excluding carboxylic acids is 1. The molecule has 0 aliphatic heterocycles. The monoisotopic (exact) mass is 207 g/mol. The van der Waals surface area contributed by atoms with Gasteiger partial charge < -0.3 is 16.0 Å². The third kappa shape index (κ3) is 2.04. The molecule has 4 N–H and O–H groups in total. The Hall–Kier alpha value is -1.29. The molecule has 1 aromatic rings. The molecular weight excluding hydrogens is 190 g/mol. The first-order chi connectivity index (χ1) is 7.15. The van der Waals surface area contributed by atoms with E-state index in [2.05, 4.69) is 10.3 Å². The van der Waals surface area contributed by atoms with Crippen LogP contribution in [0.4, 0.5) is 0 Å². The summed E-state index contributed by atoms with van der Waals surface area (Å²) in [7, 11) is 0. The zero-order chi connectivity index (χ0) is 10.9. The predicted molar refractivity (Wildman–Crippen MR) is 58.4 cm³/mol. The molecule has 4 heteroatoms. The average Bonchev–Trinajstić information content (AvgIpc) is 2.94. The molecule has 0 saturated heterocycles. The van der Waals surface area contributed by atoms with Crippen LogP contribution in [0, 0.1) is 5.92 Å². The largest absolute Gasteiger partial charge is 0.357 e. The van der Waals surface area contributed by atoms with E-state index >= 15 is 0 Å². The second-order valence-electron chi connectivity index (χ2n) is 4.43. The molecule has 82 valence electrons. The number of carbonyl (C=O) groups is 1. The van der Waals surface area contributed by atoms with Crippen LogP contribution < -0.4 is 11.1 Å². The van der Waals surface area contributed by atoms with Gasteiger partial charge in [-0.1, -0.05) is 0 Å². The molecule has 15 heavy (non-hydrogen) atoms. The second-order valence-corrected chi connectivity index (χ2v) is 4.43. The van der Waals surface area contributed by atoms with Crippen molar-refractivity contribution >= 4 is 5.91 Å². The Balaban J connectivity index is 2.04. The summed E-state index contributed by atoms with van der Waals surface area (Å²) >= 11 is 0. The third-order valence-electron chi connectivity index (χ3n) is 3.14. The van der Waals surface area contributed by atoms with Gasteiger partial charge in [-0.15, -0.1) is 0 Å². The van der Waals surface area contributed by atoms with Crippen molar-refractivity contribution in [3.05, 3.63) is 24.0 Å². The SMILES string of the molecule is CC(CN)(NC(=O)c1ccc[nH]1)C1CC1. The van der Waals surface area contributed by atoms with Crippen LogP contribution in [0.1, 0.15) is 30.3 Å². The smallest absolute Gasteiger partial charge is 0.268 e. The van der Waals surface area contributed by atoms with E-state index in [1.54, 1.807) is 12.3 Å². The molecule has 1 amide bonds. The third-order valence-corrected chi connectivity index (χ3v) is 3.14. The Morgan fingerprint density at radius 2 is 2.47 bits per heavy atom. The van der Waals surface area contributed by atoms with Crippen molar-refractivity contribution < 1.29 is 4.79 Å². The molecule has 0 radical (unpaired) electrons. The highest BCUT2D eigenvalue weighted by Crippen LogP contribution is 2.39. The van der Waals surface area contributed by atoms with E-state index in [1.807, 2.05) is 13.0 Å². The van der Waals surface area contributed by atoms with Crippen molar-refractivity contribution in [2.45, 2.75) is 25.3 Å². The number of nitrogens with one attached hydrogen (secondary N) is 2. The molecule has 0 aromatic carbocycles. The summed E-state index contributed by atoms with van der Waals surface area (Å²) in [6.45, 7) is 2.51. The first-order valence-corrected chi connectivity index (χ1v) is 5.32. The normalized spacial score (nSPS) is 19.6. The summed E-state index contributed by atoms with van der Waals surface area (Å²) < 4.78 is 0. The molecule has 1 fully saturated rings. The molecule has 2 rings (SSSR count). The van der Waals surface area contributed by atoms with Gasteiger partial charge in [-0.3, -0.25) is 4.79 Å². The van der Waals surface area contributed by atoms with Gasteiger partial charge in [0.05, 0.1) is 5.54 Å². The molecule has 0 bridgehead atoms. The topological polar surface area (TPSA) is 70.9 Å². The maximum atomic E-state index is 11.8. The highest BCUT2D eigenvalue weighted by atomic mass is 16.2. The zero-order valence-electron chi connectivity index (χ0n) is 8.92. The van der Waals surface area contributed by atoms with Gasteiger partial charge in [0.15, 0.2) is 0 Å². The second kappa shape index (κ2) is 3.70. The molecule has 1 heterocycles. The minimum absolute atomic E-state index is 0.0696. The van der Waals surface area contributed by atoms with Gasteiger partial charge in [-0.2, -0.15) is 0 Å². The van der Waals surface area contributed by atoms with Crippen LogP contribution in [-0.2, 0) is 0 Å². The van der Waals surface area contributed by atoms with Gasteiger partial charge in [0.2, 0.25) is 0 Å². The molecule has 1 unspecified atom stereocenters. The van der Waals surface area contributed by atoms with Gasteiger partial charge in [-0.25, -0.2) is 0 Å². The Kier molecular flexibility index (Phi) is 2.52. The van der Waals surface area contributed by atoms with Crippen LogP contribution in [0.3, 0.4) is 0 Å². The number of nitrogens with two attached hydrogens (primary N) is 1. The maximum Gasteiger partial charge on any atom is 0.268 e. The van der Waals surface area contributed by atoms with Crippen molar-refractivity contribution in [3.8, 4) is 0 Å². The summed E-state index contributed by atoms with van der Waals surface area (Å²) in [6, 6.07) is 3.57. The lowest BCUT2D eigenvalue weighted by Gasteiger charge is -2.29. The Labute approximate surface area is 89.2 Å². The molecule has 0 spiro atoms. The predicted octanol–water partition coefficient (Wildman–Crippen LogP) is 0.872. The number of amides is 1. The number of aromatic nitrogens is 1. The Morgan fingerprint density at radius 1 is 1.73 bits per heavy atom. The van der Waals surface area contributed by atoms with Gasteiger partial charge in [0.1, 0.15) is 5.69 Å². The first kappa shape index (κ1) is 10.2. The molecule has 1 aliphatic carbocycles. The Bertz CT molecular complexity index is 343. The van der Waals surface area contributed by atoms with Crippen LogP contribution in [0.25, 0.3) is 0 Å². The van der Waals surface area contributed by atoms with Gasteiger partial charge >= 0.3 is 0 Å². The summed E-state index contributed by atoms with van der Waals surface area (Å²) in [5.74, 6) is 0.473. The number of aromatic amines is 1. The fourth-order valence-corrected chi connectivity index (χ4v) is 1.84. The van der Waals surface area contributed by atoms with Crippen molar-refractivity contribution in [2.24, 2.45) is 11.7 Å². The fourth-order valence-electron chi connectivity index (χ4n) is 1.84. The van der Waals surface area contributed by atoms with E-state index < -0.39 is 0 Å². The zero-order valence-corrected chi connectivity index (χ0v) is 8.92. The Morgan fingerprint density at radius 3 is 2.93 bits per heavy atom. The molecular formula is C11H17N3O. The molecule has 1 aliphatic rings. The van der Waals surface area contributed by atoms with Crippen molar-refractivity contribution in [2.75, 3.05) is 6.54 Å². The lowest BCUT2D eigenvalue weighted by Crippen LogP contribution is -2.53. The molecule has 1 saturated carbocycles. The minimum Gasteiger partial charge on any atom is -0.357 e. The quantitative estimate of drug-likeness (QED) is 0.685. The van der Waals surface area contributed by atoms with E-state index in [1.165, 1.54) is 12.8 Å². The highest BCUT2D eigenvalue weighted by Gasteiger charge is 2.41. The summed E-state index contributed by atoms with van der Waals surface area (Å²) in [5, 5.41) is 3.01. The van der Waals surface area contributed by atoms with Crippen molar-refractivity contribution in [1.29, 1.82) is 0 Å². The number of hydrogen-bond donors (Lipinski definition) is 3. The van der Waals surface area contributed by atoms with Crippen LogP contribution >= 0.6 is 0 Å². The van der Waals surface area contributed by atoms with Crippen LogP contribution in [0.15, 0.2) is 18.3 Å². The van der Waals surface area contributed by atoms with E-state index in [4.69, 9.17) is 5.73 Å². The van der Waals surface area contributed by atoms with E-state index in [0.717, 1.165) is 0 Å². The number of rotatable bonds is 4. The first-order valence-electron chi connectivity index (χ1n) is 5.32. The van der Waals surface area contributed by atoms with Gasteiger partial charge in [-0.05, 0) is 37.8 Å². The fraction of sp³-hybridized carbons (Fsp3) is 0.545. The van der Waals surface area contributed by atoms with Crippen molar-refractivity contribution in [3.63, 3.8) is 0 Å². The average molecular weight is 207 g/mol. The van der Waals surface area contributed by atoms with Gasteiger partial charge in [0, 0.05) is 12.7 Å². The van der Waals surface area contributed by atoms with Crippen LogP contribution in [0.2, 0.25) is 0 Å². The highest BCUT2D eigenvalue weighted by molar-refractivity contribution is 5.92. The van der Waals surface area contributed by atoms with Gasteiger partial charge in [0.25, 0.3) is 5.91 Å². The van der Waals surface area contributed by atoms with Crippen LogP contribution in [0.5, 0.6) is 0 Å². The standard InChI is InChI=1S/C11H17N3O/c1-11(7-12,8-4-5-8)14-10(15)9-3-2-6-13-9/h2-3,6,8,13H,4-5,7,12H2,1H3,(H,14,15). The van der Waals surface area contributed by atoms with E-state index in [0.29, 0.717) is 18.2 Å². The molecule has 1 atom stereocenters. The minimum atomic E-state index is -0.248. The summed E-state index contributed by atoms with van der Waals surface area (Å²) in [6.07, 6.45) is 4.07. The molecule has 4 nitrogen and oxygen atoms in total. The maximum absolute atomic E-state index is 11.8. The van der Waals surface area contributed by atoms with Crippen molar-refractivity contribution in [1.82, 2.24) is 10.3 Å². The summed E-state index contributed by atoms with van der Waals surface area (Å²) in [5.41, 5.74) is 6.07.